The Kier molecular flexibility index (Phi) is 9.35. The van der Waals surface area contributed by atoms with Crippen molar-refractivity contribution in [2.45, 2.75) is 89.1 Å². The van der Waals surface area contributed by atoms with Crippen LogP contribution in [-0.2, 0) is 9.53 Å². The maximum atomic E-state index is 11.3. The highest BCUT2D eigenvalue weighted by atomic mass is 16.5. The van der Waals surface area contributed by atoms with Gasteiger partial charge >= 0.3 is 0 Å². The molecular weight excluding hydrogens is 356 g/mol. The Hall–Kier alpha value is -1.01. The lowest BCUT2D eigenvalue weighted by Crippen LogP contribution is -2.40. The Morgan fingerprint density at radius 1 is 1.32 bits per heavy atom. The normalized spacial score (nSPS) is 28.6. The van der Waals surface area contributed by atoms with Gasteiger partial charge in [-0.05, 0) is 62.7 Å². The van der Waals surface area contributed by atoms with Crippen LogP contribution >= 0.6 is 0 Å². The van der Waals surface area contributed by atoms with Gasteiger partial charge in [-0.3, -0.25) is 4.79 Å². The quantitative estimate of drug-likeness (QED) is 0.329. The van der Waals surface area contributed by atoms with Crippen LogP contribution in [0.15, 0.2) is 24.8 Å². The number of ketones is 1. The van der Waals surface area contributed by atoms with Gasteiger partial charge < -0.3 is 20.1 Å². The van der Waals surface area contributed by atoms with E-state index < -0.39 is 18.2 Å². The SMILES string of the molecule is C=C[C@@H](CC=C[C@H]1CC[C@H]2O[C@@H](CCCC(O)(O)C(=O)CO)C[C@H]12)CCCC. The highest BCUT2D eigenvalue weighted by molar-refractivity contribution is 5.86. The lowest BCUT2D eigenvalue weighted by atomic mass is 9.89. The topological polar surface area (TPSA) is 87.0 Å². The Morgan fingerprint density at radius 3 is 2.79 bits per heavy atom. The average molecular weight is 395 g/mol. The minimum atomic E-state index is -2.42. The summed E-state index contributed by atoms with van der Waals surface area (Å²) < 4.78 is 6.17. The van der Waals surface area contributed by atoms with Crippen molar-refractivity contribution in [2.75, 3.05) is 6.61 Å². The smallest absolute Gasteiger partial charge is 0.226 e. The lowest BCUT2D eigenvalue weighted by molar-refractivity contribution is -0.188. The van der Waals surface area contributed by atoms with Crippen molar-refractivity contribution in [1.29, 1.82) is 0 Å². The van der Waals surface area contributed by atoms with Gasteiger partial charge in [0.15, 0.2) is 0 Å². The van der Waals surface area contributed by atoms with E-state index in [1.54, 1.807) is 0 Å². The van der Waals surface area contributed by atoms with Gasteiger partial charge in [0, 0.05) is 6.42 Å². The molecule has 5 atom stereocenters. The van der Waals surface area contributed by atoms with Gasteiger partial charge in [0.05, 0.1) is 12.2 Å². The van der Waals surface area contributed by atoms with Gasteiger partial charge in [-0.2, -0.15) is 0 Å². The number of hydrogen-bond acceptors (Lipinski definition) is 5. The molecule has 0 radical (unpaired) electrons. The Bertz CT molecular complexity index is 527. The van der Waals surface area contributed by atoms with E-state index in [4.69, 9.17) is 9.84 Å². The maximum Gasteiger partial charge on any atom is 0.226 e. The fraction of sp³-hybridized carbons (Fsp3) is 0.783. The predicted molar refractivity (Wildman–Crippen MR) is 110 cm³/mol. The molecule has 0 amide bonds. The van der Waals surface area contributed by atoms with Gasteiger partial charge in [0.2, 0.25) is 11.6 Å². The van der Waals surface area contributed by atoms with E-state index in [0.29, 0.717) is 36.7 Å². The maximum absolute atomic E-state index is 11.3. The first-order chi connectivity index (χ1) is 13.4. The van der Waals surface area contributed by atoms with Crippen molar-refractivity contribution < 1.29 is 24.9 Å². The first-order valence-electron chi connectivity index (χ1n) is 10.9. The fourth-order valence-corrected chi connectivity index (χ4v) is 4.66. The van der Waals surface area contributed by atoms with Crippen LogP contribution in [0.2, 0.25) is 0 Å². The average Bonchev–Trinajstić information content (AvgIpc) is 3.24. The molecule has 0 bridgehead atoms. The molecule has 0 spiro atoms. The third kappa shape index (κ3) is 6.51. The summed E-state index contributed by atoms with van der Waals surface area (Å²) in [6, 6.07) is 0. The molecule has 5 nitrogen and oxygen atoms in total. The van der Waals surface area contributed by atoms with Crippen LogP contribution in [0.5, 0.6) is 0 Å². The van der Waals surface area contributed by atoms with Crippen LogP contribution in [0.4, 0.5) is 0 Å². The number of ether oxygens (including phenoxy) is 1. The summed E-state index contributed by atoms with van der Waals surface area (Å²) in [5, 5.41) is 28.1. The monoisotopic (exact) mass is 394 g/mol. The Labute approximate surface area is 169 Å². The Morgan fingerprint density at radius 2 is 2.11 bits per heavy atom. The van der Waals surface area contributed by atoms with E-state index in [1.165, 1.54) is 25.7 Å². The summed E-state index contributed by atoms with van der Waals surface area (Å²) in [4.78, 5) is 11.3. The summed E-state index contributed by atoms with van der Waals surface area (Å²) >= 11 is 0. The molecule has 1 aliphatic heterocycles. The molecule has 1 saturated heterocycles. The molecule has 2 fully saturated rings. The van der Waals surface area contributed by atoms with Crippen LogP contribution in [0.1, 0.15) is 71.1 Å². The molecule has 160 valence electrons. The number of aliphatic hydroxyl groups is 3. The van der Waals surface area contributed by atoms with E-state index in [0.717, 1.165) is 19.3 Å². The number of Topliss-reactive ketones (excluding diaryl/α,β-unsaturated/α-hetero) is 1. The van der Waals surface area contributed by atoms with Gasteiger partial charge in [-0.1, -0.05) is 38.0 Å². The molecule has 1 heterocycles. The zero-order valence-electron chi connectivity index (χ0n) is 17.3. The van der Waals surface area contributed by atoms with Gasteiger partial charge in [-0.25, -0.2) is 0 Å². The predicted octanol–water partition coefficient (Wildman–Crippen LogP) is 3.52. The second kappa shape index (κ2) is 11.2. The number of fused-ring (bicyclic) bond motifs is 1. The molecule has 0 unspecified atom stereocenters. The number of rotatable bonds is 13. The van der Waals surface area contributed by atoms with Crippen LogP contribution in [0.3, 0.4) is 0 Å². The van der Waals surface area contributed by atoms with Crippen molar-refractivity contribution in [3.63, 3.8) is 0 Å². The van der Waals surface area contributed by atoms with E-state index in [1.807, 2.05) is 0 Å². The van der Waals surface area contributed by atoms with Gasteiger partial charge in [0.25, 0.3) is 0 Å². The molecule has 5 heteroatoms. The molecular formula is C23H38O5. The van der Waals surface area contributed by atoms with Crippen molar-refractivity contribution in [3.8, 4) is 0 Å². The molecule has 2 aliphatic rings. The van der Waals surface area contributed by atoms with Gasteiger partial charge in [0.1, 0.15) is 6.61 Å². The first kappa shape index (κ1) is 23.3. The number of allylic oxidation sites excluding steroid dienone is 3. The number of hydrogen-bond donors (Lipinski definition) is 3. The molecule has 0 aromatic rings. The lowest BCUT2D eigenvalue weighted by Gasteiger charge is -2.20. The number of carbonyl (C=O) groups is 1. The van der Waals surface area contributed by atoms with Crippen LogP contribution < -0.4 is 0 Å². The third-order valence-corrected chi connectivity index (χ3v) is 6.44. The van der Waals surface area contributed by atoms with Crippen molar-refractivity contribution in [1.82, 2.24) is 0 Å². The van der Waals surface area contributed by atoms with E-state index in [2.05, 4.69) is 31.7 Å². The summed E-state index contributed by atoms with van der Waals surface area (Å²) in [6.45, 7) is 5.33. The standard InChI is InChI=1S/C23H38O5/c1-3-5-8-17(4-2)9-6-10-18-12-13-21-20(18)15-19(28-21)11-7-14-23(26,27)22(25)16-24/h4,6,10,17-21,24,26-27H,2-3,5,7-9,11-16H2,1H3/t17-,18+,19+,20-,21-/m1/s1. The summed E-state index contributed by atoms with van der Waals surface area (Å²) in [6.07, 6.45) is 16.4. The first-order valence-corrected chi connectivity index (χ1v) is 10.9. The highest BCUT2D eigenvalue weighted by Gasteiger charge is 2.43. The molecule has 0 aromatic heterocycles. The minimum absolute atomic E-state index is 0.0639. The Balaban J connectivity index is 1.74. The third-order valence-electron chi connectivity index (χ3n) is 6.44. The number of unbranched alkanes of at least 4 members (excludes halogenated alkanes) is 1. The largest absolute Gasteiger partial charge is 0.388 e. The van der Waals surface area contributed by atoms with E-state index >= 15 is 0 Å². The molecule has 1 aliphatic carbocycles. The van der Waals surface area contributed by atoms with Crippen LogP contribution in [-0.4, -0.2) is 45.7 Å². The second-order valence-corrected chi connectivity index (χ2v) is 8.53. The van der Waals surface area contributed by atoms with Crippen molar-refractivity contribution >= 4 is 5.78 Å². The highest BCUT2D eigenvalue weighted by Crippen LogP contribution is 2.45. The summed E-state index contributed by atoms with van der Waals surface area (Å²) in [5.41, 5.74) is 0. The van der Waals surface area contributed by atoms with Crippen LogP contribution in [0.25, 0.3) is 0 Å². The van der Waals surface area contributed by atoms with Crippen molar-refractivity contribution in [3.05, 3.63) is 24.8 Å². The molecule has 1 saturated carbocycles. The van der Waals surface area contributed by atoms with Crippen molar-refractivity contribution in [2.24, 2.45) is 17.8 Å². The molecule has 0 aromatic carbocycles. The zero-order valence-corrected chi connectivity index (χ0v) is 17.3. The molecule has 3 N–H and O–H groups in total. The number of aliphatic hydroxyl groups excluding tert-OH is 1. The summed E-state index contributed by atoms with van der Waals surface area (Å²) in [5.74, 6) is -1.68. The minimum Gasteiger partial charge on any atom is -0.388 e. The summed E-state index contributed by atoms with van der Waals surface area (Å²) in [7, 11) is 0. The number of carbonyl (C=O) groups excluding carboxylic acids is 1. The van der Waals surface area contributed by atoms with E-state index in [-0.39, 0.29) is 12.5 Å². The van der Waals surface area contributed by atoms with Crippen LogP contribution in [0, 0.1) is 17.8 Å². The van der Waals surface area contributed by atoms with E-state index in [9.17, 15) is 15.0 Å². The molecule has 28 heavy (non-hydrogen) atoms. The second-order valence-electron chi connectivity index (χ2n) is 8.53. The fourth-order valence-electron chi connectivity index (χ4n) is 4.66. The van der Waals surface area contributed by atoms with Gasteiger partial charge in [-0.15, -0.1) is 6.58 Å². The molecule has 2 rings (SSSR count). The zero-order chi connectivity index (χ0) is 20.6.